The third-order valence-corrected chi connectivity index (χ3v) is 2.66. The molecule has 5 nitrogen and oxygen atoms in total. The molecule has 1 aromatic carbocycles. The van der Waals surface area contributed by atoms with Gasteiger partial charge in [0.2, 0.25) is 0 Å². The highest BCUT2D eigenvalue weighted by Gasteiger charge is 2.17. The van der Waals surface area contributed by atoms with E-state index in [2.05, 4.69) is 5.32 Å². The zero-order valence-electron chi connectivity index (χ0n) is 13.3. The van der Waals surface area contributed by atoms with E-state index in [1.807, 2.05) is 36.4 Å². The van der Waals surface area contributed by atoms with Crippen molar-refractivity contribution in [3.63, 3.8) is 0 Å². The quantitative estimate of drug-likeness (QED) is 0.784. The summed E-state index contributed by atoms with van der Waals surface area (Å²) in [6, 6.07) is 9.38. The van der Waals surface area contributed by atoms with Gasteiger partial charge in [-0.25, -0.2) is 4.79 Å². The van der Waals surface area contributed by atoms with Crippen molar-refractivity contribution in [2.75, 3.05) is 0 Å². The van der Waals surface area contributed by atoms with E-state index in [1.54, 1.807) is 20.8 Å². The molecule has 0 heterocycles. The van der Waals surface area contributed by atoms with Crippen LogP contribution in [0.25, 0.3) is 5.70 Å². The molecule has 0 radical (unpaired) electrons. The molecule has 0 saturated heterocycles. The standard InChI is InChI=1S/C17H23NO4/c1-17(2,3)22-16(21)18-14(11-7-8-12-15(19)20)13-9-5-4-6-10-13/h4-6,9-11H,7-8,12H2,1-3H3,(H,18,21)(H,19,20)/b14-11-. The van der Waals surface area contributed by atoms with Gasteiger partial charge in [0.15, 0.2) is 0 Å². The van der Waals surface area contributed by atoms with Crippen molar-refractivity contribution in [1.29, 1.82) is 0 Å². The number of amides is 1. The van der Waals surface area contributed by atoms with Gasteiger partial charge >= 0.3 is 12.1 Å². The van der Waals surface area contributed by atoms with Gasteiger partial charge in [-0.1, -0.05) is 36.4 Å². The lowest BCUT2D eigenvalue weighted by molar-refractivity contribution is -0.137. The van der Waals surface area contributed by atoms with Crippen LogP contribution >= 0.6 is 0 Å². The highest BCUT2D eigenvalue weighted by atomic mass is 16.6. The number of aliphatic carboxylic acids is 1. The number of hydrogen-bond acceptors (Lipinski definition) is 3. The van der Waals surface area contributed by atoms with E-state index in [1.165, 1.54) is 0 Å². The maximum absolute atomic E-state index is 11.9. The molecule has 1 aromatic rings. The Bertz CT molecular complexity index is 529. The second-order valence-corrected chi connectivity index (χ2v) is 5.90. The summed E-state index contributed by atoms with van der Waals surface area (Å²) in [6.45, 7) is 5.39. The van der Waals surface area contributed by atoms with Gasteiger partial charge in [0, 0.05) is 12.1 Å². The number of unbranched alkanes of at least 4 members (excludes halogenated alkanes) is 1. The normalized spacial score (nSPS) is 11.9. The average molecular weight is 305 g/mol. The number of carbonyl (C=O) groups is 2. The van der Waals surface area contributed by atoms with Crippen LogP contribution in [-0.4, -0.2) is 22.8 Å². The SMILES string of the molecule is CC(C)(C)OC(=O)N/C(=C\CCCC(=O)O)c1ccccc1. The molecule has 0 aliphatic rings. The van der Waals surface area contributed by atoms with Crippen LogP contribution in [0.4, 0.5) is 4.79 Å². The van der Waals surface area contributed by atoms with Gasteiger partial charge in [0.25, 0.3) is 0 Å². The lowest BCUT2D eigenvalue weighted by atomic mass is 10.1. The molecule has 0 aliphatic heterocycles. The van der Waals surface area contributed by atoms with Crippen molar-refractivity contribution in [2.24, 2.45) is 0 Å². The Hall–Kier alpha value is -2.30. The molecule has 0 spiro atoms. The lowest BCUT2D eigenvalue weighted by Gasteiger charge is -2.20. The molecule has 0 saturated carbocycles. The maximum Gasteiger partial charge on any atom is 0.412 e. The number of rotatable bonds is 6. The molecule has 0 aliphatic carbocycles. The van der Waals surface area contributed by atoms with E-state index < -0.39 is 17.7 Å². The van der Waals surface area contributed by atoms with Crippen LogP contribution in [0.1, 0.15) is 45.6 Å². The van der Waals surface area contributed by atoms with Gasteiger partial charge in [0.05, 0.1) is 0 Å². The van der Waals surface area contributed by atoms with Gasteiger partial charge in [-0.05, 0) is 39.2 Å². The van der Waals surface area contributed by atoms with Crippen LogP contribution in [0.5, 0.6) is 0 Å². The number of allylic oxidation sites excluding steroid dienone is 1. The first-order chi connectivity index (χ1) is 10.3. The van der Waals surface area contributed by atoms with Gasteiger partial charge in [-0.15, -0.1) is 0 Å². The fourth-order valence-electron chi connectivity index (χ4n) is 1.77. The Balaban J connectivity index is 2.77. The zero-order chi connectivity index (χ0) is 16.6. The number of ether oxygens (including phenoxy) is 1. The molecule has 1 rings (SSSR count). The number of carboxylic acid groups (broad SMARTS) is 1. The van der Waals surface area contributed by atoms with E-state index >= 15 is 0 Å². The molecule has 5 heteroatoms. The summed E-state index contributed by atoms with van der Waals surface area (Å²) in [5.41, 5.74) is 0.902. The first-order valence-corrected chi connectivity index (χ1v) is 7.25. The summed E-state index contributed by atoms with van der Waals surface area (Å²) in [6.07, 6.45) is 2.47. The predicted molar refractivity (Wildman–Crippen MR) is 85.3 cm³/mol. The Labute approximate surface area is 131 Å². The molecule has 0 unspecified atom stereocenters. The smallest absolute Gasteiger partial charge is 0.412 e. The zero-order valence-corrected chi connectivity index (χ0v) is 13.3. The molecule has 22 heavy (non-hydrogen) atoms. The molecule has 1 amide bonds. The first kappa shape index (κ1) is 17.8. The van der Waals surface area contributed by atoms with E-state index in [0.717, 1.165) is 5.56 Å². The number of carboxylic acids is 1. The van der Waals surface area contributed by atoms with Crippen molar-refractivity contribution in [3.8, 4) is 0 Å². The van der Waals surface area contributed by atoms with Crippen LogP contribution < -0.4 is 5.32 Å². The summed E-state index contributed by atoms with van der Waals surface area (Å²) in [5, 5.41) is 11.4. The minimum absolute atomic E-state index is 0.102. The van der Waals surface area contributed by atoms with Crippen LogP contribution in [0.3, 0.4) is 0 Å². The third-order valence-electron chi connectivity index (χ3n) is 2.66. The predicted octanol–water partition coefficient (Wildman–Crippen LogP) is 3.81. The molecule has 120 valence electrons. The molecular formula is C17H23NO4. The minimum atomic E-state index is -0.824. The highest BCUT2D eigenvalue weighted by molar-refractivity contribution is 5.82. The fraction of sp³-hybridized carbons (Fsp3) is 0.412. The van der Waals surface area contributed by atoms with Crippen molar-refractivity contribution >= 4 is 17.8 Å². The number of nitrogens with one attached hydrogen (secondary N) is 1. The van der Waals surface area contributed by atoms with Gasteiger partial charge in [-0.3, -0.25) is 10.1 Å². The molecule has 0 fully saturated rings. The number of carbonyl (C=O) groups excluding carboxylic acids is 1. The largest absolute Gasteiger partial charge is 0.481 e. The molecule has 0 bridgehead atoms. The molecule has 0 aromatic heterocycles. The first-order valence-electron chi connectivity index (χ1n) is 7.25. The Morgan fingerprint density at radius 2 is 1.86 bits per heavy atom. The van der Waals surface area contributed by atoms with E-state index in [4.69, 9.17) is 9.84 Å². The van der Waals surface area contributed by atoms with E-state index in [9.17, 15) is 9.59 Å². The van der Waals surface area contributed by atoms with Gasteiger partial charge in [-0.2, -0.15) is 0 Å². The van der Waals surface area contributed by atoms with Crippen molar-refractivity contribution in [3.05, 3.63) is 42.0 Å². The lowest BCUT2D eigenvalue weighted by Crippen LogP contribution is -2.31. The highest BCUT2D eigenvalue weighted by Crippen LogP contribution is 2.15. The van der Waals surface area contributed by atoms with Crippen LogP contribution in [-0.2, 0) is 9.53 Å². The van der Waals surface area contributed by atoms with E-state index in [0.29, 0.717) is 18.5 Å². The minimum Gasteiger partial charge on any atom is -0.481 e. The maximum atomic E-state index is 11.9. The summed E-state index contributed by atoms with van der Waals surface area (Å²) < 4.78 is 5.25. The van der Waals surface area contributed by atoms with E-state index in [-0.39, 0.29) is 6.42 Å². The fourth-order valence-corrected chi connectivity index (χ4v) is 1.77. The second-order valence-electron chi connectivity index (χ2n) is 5.90. The van der Waals surface area contributed by atoms with Crippen molar-refractivity contribution in [2.45, 2.75) is 45.6 Å². The second kappa shape index (κ2) is 8.22. The number of hydrogen-bond donors (Lipinski definition) is 2. The summed E-state index contributed by atoms with van der Waals surface area (Å²) in [7, 11) is 0. The monoisotopic (exact) mass is 305 g/mol. The van der Waals surface area contributed by atoms with Crippen molar-refractivity contribution < 1.29 is 19.4 Å². The Morgan fingerprint density at radius 3 is 2.41 bits per heavy atom. The molecular weight excluding hydrogens is 282 g/mol. The van der Waals surface area contributed by atoms with Crippen LogP contribution in [0, 0.1) is 0 Å². The van der Waals surface area contributed by atoms with Gasteiger partial charge < -0.3 is 9.84 Å². The van der Waals surface area contributed by atoms with Crippen molar-refractivity contribution in [1.82, 2.24) is 5.32 Å². The Kier molecular flexibility index (Phi) is 6.63. The molecule has 0 atom stereocenters. The summed E-state index contributed by atoms with van der Waals surface area (Å²) in [4.78, 5) is 22.5. The van der Waals surface area contributed by atoms with Gasteiger partial charge in [0.1, 0.15) is 5.60 Å². The summed E-state index contributed by atoms with van der Waals surface area (Å²) in [5.74, 6) is -0.824. The van der Waals surface area contributed by atoms with Crippen LogP contribution in [0.15, 0.2) is 36.4 Å². The summed E-state index contributed by atoms with van der Waals surface area (Å²) >= 11 is 0. The third kappa shape index (κ3) is 7.47. The Morgan fingerprint density at radius 1 is 1.23 bits per heavy atom. The average Bonchev–Trinajstić information content (AvgIpc) is 2.41. The molecule has 2 N–H and O–H groups in total. The van der Waals surface area contributed by atoms with Crippen LogP contribution in [0.2, 0.25) is 0 Å². The number of benzene rings is 1. The number of alkyl carbamates (subject to hydrolysis) is 1. The topological polar surface area (TPSA) is 75.6 Å².